The first kappa shape index (κ1) is 16.8. The second kappa shape index (κ2) is 6.56. The summed E-state index contributed by atoms with van der Waals surface area (Å²) in [6.45, 7) is 1.47. The Bertz CT molecular complexity index is 820. The molecule has 2 N–H and O–H groups in total. The minimum atomic E-state index is -0.284. The SMILES string of the molecule is CC(=O)Nc1ccc(C2C3=C(CCCC3=O)NC3=C2C(=O)CCC3)cc1. The number of allylic oxidation sites excluding steroid dienone is 4. The molecule has 2 aliphatic carbocycles. The number of carbonyl (C=O) groups is 3. The van der Waals surface area contributed by atoms with Gasteiger partial charge in [0, 0.05) is 53.9 Å². The monoisotopic (exact) mass is 350 g/mol. The molecule has 0 fully saturated rings. The van der Waals surface area contributed by atoms with Crippen molar-refractivity contribution in [1.82, 2.24) is 5.32 Å². The predicted octanol–water partition coefficient (Wildman–Crippen LogP) is 3.35. The first-order valence-electron chi connectivity index (χ1n) is 9.21. The van der Waals surface area contributed by atoms with Gasteiger partial charge in [-0.3, -0.25) is 14.4 Å². The fourth-order valence-corrected chi connectivity index (χ4v) is 4.28. The van der Waals surface area contributed by atoms with Crippen LogP contribution in [0.2, 0.25) is 0 Å². The Kier molecular flexibility index (Phi) is 4.23. The van der Waals surface area contributed by atoms with Gasteiger partial charge in [0.15, 0.2) is 11.6 Å². The van der Waals surface area contributed by atoms with Crippen molar-refractivity contribution in [3.63, 3.8) is 0 Å². The summed E-state index contributed by atoms with van der Waals surface area (Å²) in [6, 6.07) is 7.50. The van der Waals surface area contributed by atoms with Crippen molar-refractivity contribution in [2.45, 2.75) is 51.4 Å². The molecule has 0 atom stereocenters. The highest BCUT2D eigenvalue weighted by molar-refractivity contribution is 6.06. The average molecular weight is 350 g/mol. The maximum absolute atomic E-state index is 12.7. The first-order valence-corrected chi connectivity index (χ1v) is 9.21. The molecule has 0 spiro atoms. The Morgan fingerprint density at radius 1 is 0.923 bits per heavy atom. The van der Waals surface area contributed by atoms with Gasteiger partial charge < -0.3 is 10.6 Å². The number of rotatable bonds is 2. The lowest BCUT2D eigenvalue weighted by Gasteiger charge is -2.37. The summed E-state index contributed by atoms with van der Waals surface area (Å²) in [5.74, 6) is -0.132. The summed E-state index contributed by atoms with van der Waals surface area (Å²) in [4.78, 5) is 36.7. The van der Waals surface area contributed by atoms with Crippen LogP contribution in [0.4, 0.5) is 5.69 Å². The number of nitrogens with one attached hydrogen (secondary N) is 2. The molecule has 5 heteroatoms. The van der Waals surface area contributed by atoms with Crippen LogP contribution in [0, 0.1) is 0 Å². The summed E-state index contributed by atoms with van der Waals surface area (Å²) in [5.41, 5.74) is 5.15. The zero-order valence-corrected chi connectivity index (χ0v) is 14.9. The Labute approximate surface area is 152 Å². The van der Waals surface area contributed by atoms with Crippen LogP contribution >= 0.6 is 0 Å². The molecule has 5 nitrogen and oxygen atoms in total. The molecule has 0 unspecified atom stereocenters. The summed E-state index contributed by atoms with van der Waals surface area (Å²) in [7, 11) is 0. The van der Waals surface area contributed by atoms with E-state index in [1.807, 2.05) is 24.3 Å². The topological polar surface area (TPSA) is 75.3 Å². The smallest absolute Gasteiger partial charge is 0.221 e. The van der Waals surface area contributed by atoms with Crippen molar-refractivity contribution < 1.29 is 14.4 Å². The summed E-state index contributed by atoms with van der Waals surface area (Å²) in [5, 5.41) is 6.17. The molecule has 1 amide bonds. The summed E-state index contributed by atoms with van der Waals surface area (Å²) in [6.07, 6.45) is 4.50. The van der Waals surface area contributed by atoms with E-state index in [9.17, 15) is 14.4 Å². The van der Waals surface area contributed by atoms with E-state index in [1.54, 1.807) is 0 Å². The normalized spacial score (nSPS) is 20.5. The van der Waals surface area contributed by atoms with E-state index < -0.39 is 0 Å². The molecule has 0 aromatic heterocycles. The molecule has 4 rings (SSSR count). The zero-order chi connectivity index (χ0) is 18.3. The van der Waals surface area contributed by atoms with Crippen LogP contribution in [0.15, 0.2) is 46.8 Å². The van der Waals surface area contributed by atoms with Crippen molar-refractivity contribution in [3.8, 4) is 0 Å². The zero-order valence-electron chi connectivity index (χ0n) is 14.9. The number of hydrogen-bond donors (Lipinski definition) is 2. The van der Waals surface area contributed by atoms with E-state index in [0.717, 1.165) is 53.8 Å². The van der Waals surface area contributed by atoms with E-state index in [2.05, 4.69) is 10.6 Å². The Morgan fingerprint density at radius 2 is 1.46 bits per heavy atom. The molecular formula is C21H22N2O3. The van der Waals surface area contributed by atoms with Crippen molar-refractivity contribution in [2.24, 2.45) is 0 Å². The largest absolute Gasteiger partial charge is 0.362 e. The molecule has 1 aliphatic heterocycles. The number of anilines is 1. The molecule has 0 bridgehead atoms. The van der Waals surface area contributed by atoms with Gasteiger partial charge in [-0.2, -0.15) is 0 Å². The van der Waals surface area contributed by atoms with Crippen LogP contribution in [-0.2, 0) is 14.4 Å². The fraction of sp³-hybridized carbons (Fsp3) is 0.381. The lowest BCUT2D eigenvalue weighted by atomic mass is 9.71. The quantitative estimate of drug-likeness (QED) is 0.858. The van der Waals surface area contributed by atoms with Gasteiger partial charge in [0.1, 0.15) is 0 Å². The van der Waals surface area contributed by atoms with E-state index in [-0.39, 0.29) is 23.4 Å². The minimum absolute atomic E-state index is 0.125. The van der Waals surface area contributed by atoms with Crippen molar-refractivity contribution in [1.29, 1.82) is 0 Å². The maximum Gasteiger partial charge on any atom is 0.221 e. The van der Waals surface area contributed by atoms with Gasteiger partial charge in [-0.15, -0.1) is 0 Å². The molecule has 0 saturated heterocycles. The number of hydrogen-bond acceptors (Lipinski definition) is 4. The molecule has 0 saturated carbocycles. The average Bonchev–Trinajstić information content (AvgIpc) is 2.61. The van der Waals surface area contributed by atoms with Crippen LogP contribution < -0.4 is 10.6 Å². The molecule has 26 heavy (non-hydrogen) atoms. The molecule has 134 valence electrons. The molecule has 0 radical (unpaired) electrons. The maximum atomic E-state index is 12.7. The number of dihydropyridines is 1. The second-order valence-electron chi connectivity index (χ2n) is 7.20. The van der Waals surface area contributed by atoms with E-state index in [4.69, 9.17) is 0 Å². The van der Waals surface area contributed by atoms with E-state index in [0.29, 0.717) is 18.5 Å². The van der Waals surface area contributed by atoms with Gasteiger partial charge in [0.2, 0.25) is 5.91 Å². The third-order valence-corrected chi connectivity index (χ3v) is 5.36. The number of benzene rings is 1. The Hall–Kier alpha value is -2.69. The molecule has 1 aromatic carbocycles. The first-order chi connectivity index (χ1) is 12.5. The van der Waals surface area contributed by atoms with E-state index in [1.165, 1.54) is 6.92 Å². The van der Waals surface area contributed by atoms with Gasteiger partial charge in [-0.05, 0) is 43.4 Å². The molecular weight excluding hydrogens is 328 g/mol. The van der Waals surface area contributed by atoms with Gasteiger partial charge >= 0.3 is 0 Å². The van der Waals surface area contributed by atoms with Crippen LogP contribution in [-0.4, -0.2) is 17.5 Å². The summed E-state index contributed by atoms with van der Waals surface area (Å²) >= 11 is 0. The van der Waals surface area contributed by atoms with Crippen molar-refractivity contribution in [2.75, 3.05) is 5.32 Å². The van der Waals surface area contributed by atoms with Gasteiger partial charge in [0.05, 0.1) is 0 Å². The van der Waals surface area contributed by atoms with Crippen LogP contribution in [0.3, 0.4) is 0 Å². The highest BCUT2D eigenvalue weighted by atomic mass is 16.1. The Morgan fingerprint density at radius 3 is 1.96 bits per heavy atom. The van der Waals surface area contributed by atoms with Crippen LogP contribution in [0.25, 0.3) is 0 Å². The number of carbonyl (C=O) groups excluding carboxylic acids is 3. The lowest BCUT2D eigenvalue weighted by Crippen LogP contribution is -2.36. The van der Waals surface area contributed by atoms with Crippen LogP contribution in [0.5, 0.6) is 0 Å². The van der Waals surface area contributed by atoms with Crippen molar-refractivity contribution >= 4 is 23.2 Å². The molecule has 3 aliphatic rings. The van der Waals surface area contributed by atoms with Gasteiger partial charge in [-0.1, -0.05) is 12.1 Å². The highest BCUT2D eigenvalue weighted by Crippen LogP contribution is 2.45. The Balaban J connectivity index is 1.80. The summed E-state index contributed by atoms with van der Waals surface area (Å²) < 4.78 is 0. The van der Waals surface area contributed by atoms with Gasteiger partial charge in [-0.25, -0.2) is 0 Å². The lowest BCUT2D eigenvalue weighted by molar-refractivity contribution is -0.117. The van der Waals surface area contributed by atoms with E-state index >= 15 is 0 Å². The third-order valence-electron chi connectivity index (χ3n) is 5.36. The molecule has 1 aromatic rings. The number of Topliss-reactive ketones (excluding diaryl/α,β-unsaturated/α-hetero) is 2. The minimum Gasteiger partial charge on any atom is -0.362 e. The molecule has 1 heterocycles. The third kappa shape index (κ3) is 2.87. The highest BCUT2D eigenvalue weighted by Gasteiger charge is 2.39. The van der Waals surface area contributed by atoms with Crippen molar-refractivity contribution in [3.05, 3.63) is 52.4 Å². The number of ketones is 2. The second-order valence-corrected chi connectivity index (χ2v) is 7.20. The number of amides is 1. The van der Waals surface area contributed by atoms with Crippen LogP contribution in [0.1, 0.15) is 56.9 Å². The fourth-order valence-electron chi connectivity index (χ4n) is 4.28. The van der Waals surface area contributed by atoms with Gasteiger partial charge in [0.25, 0.3) is 0 Å². The predicted molar refractivity (Wildman–Crippen MR) is 98.4 cm³/mol. The standard InChI is InChI=1S/C21H22N2O3/c1-12(24)22-14-10-8-13(9-11-14)19-20-15(4-2-6-17(20)25)23-16-5-3-7-18(26)21(16)19/h8-11,19,23H,2-7H2,1H3,(H,22,24).